The summed E-state index contributed by atoms with van der Waals surface area (Å²) in [7, 11) is 2.19. The number of rotatable bonds is 7. The average Bonchev–Trinajstić information content (AvgIpc) is 2.55. The van der Waals surface area contributed by atoms with Crippen molar-refractivity contribution in [3.63, 3.8) is 0 Å². The van der Waals surface area contributed by atoms with Gasteiger partial charge in [0.25, 0.3) is 0 Å². The number of nitrogens with two attached hydrogens (primary N) is 1. The van der Waals surface area contributed by atoms with Crippen molar-refractivity contribution in [1.29, 1.82) is 0 Å². The Morgan fingerprint density at radius 1 is 1.09 bits per heavy atom. The Labute approximate surface area is 135 Å². The second-order valence-electron chi connectivity index (χ2n) is 6.69. The number of benzene rings is 2. The zero-order valence-corrected chi connectivity index (χ0v) is 14.5. The molecule has 120 valence electrons. The summed E-state index contributed by atoms with van der Waals surface area (Å²) in [6, 6.07) is 15.3. The van der Waals surface area contributed by atoms with E-state index in [9.17, 15) is 0 Å². The second-order valence-corrected chi connectivity index (χ2v) is 6.69. The quantitative estimate of drug-likeness (QED) is 0.836. The maximum Gasteiger partial charge on any atom is 0.0117 e. The number of hydrogen-bond donors (Lipinski definition) is 1. The minimum absolute atomic E-state index is 0.0320. The molecule has 0 saturated carbocycles. The fourth-order valence-corrected chi connectivity index (χ4v) is 3.39. The van der Waals surface area contributed by atoms with Crippen LogP contribution in [0.2, 0.25) is 0 Å². The zero-order chi connectivity index (χ0) is 16.2. The molecule has 0 radical (unpaired) electrons. The molecule has 22 heavy (non-hydrogen) atoms. The summed E-state index contributed by atoms with van der Waals surface area (Å²) in [6.45, 7) is 9.66. The maximum atomic E-state index is 6.34. The summed E-state index contributed by atoms with van der Waals surface area (Å²) >= 11 is 0. The third-order valence-electron chi connectivity index (χ3n) is 5.27. The molecule has 2 rings (SSSR count). The van der Waals surface area contributed by atoms with Gasteiger partial charge in [-0.05, 0) is 48.8 Å². The van der Waals surface area contributed by atoms with Crippen LogP contribution < -0.4 is 5.73 Å². The van der Waals surface area contributed by atoms with Crippen LogP contribution in [0.3, 0.4) is 0 Å². The Kier molecular flexibility index (Phi) is 5.60. The van der Waals surface area contributed by atoms with E-state index < -0.39 is 0 Å². The fraction of sp³-hybridized carbons (Fsp3) is 0.500. The standard InChI is InChI=1S/C20H30N2/c1-5-22(4)14-13-20(15-21,16(2)3)19-12-8-10-17-9-6-7-11-18(17)19/h6-12,16H,5,13-15,21H2,1-4H3/t20-/m0/s1. The lowest BCUT2D eigenvalue weighted by Gasteiger charge is -2.39. The van der Waals surface area contributed by atoms with E-state index in [4.69, 9.17) is 5.73 Å². The molecule has 0 bridgehead atoms. The highest BCUT2D eigenvalue weighted by Gasteiger charge is 2.35. The zero-order valence-electron chi connectivity index (χ0n) is 14.5. The van der Waals surface area contributed by atoms with Crippen molar-refractivity contribution >= 4 is 10.8 Å². The first-order valence-electron chi connectivity index (χ1n) is 8.42. The summed E-state index contributed by atoms with van der Waals surface area (Å²) in [6.07, 6.45) is 1.10. The topological polar surface area (TPSA) is 29.3 Å². The summed E-state index contributed by atoms with van der Waals surface area (Å²) < 4.78 is 0. The monoisotopic (exact) mass is 298 g/mol. The van der Waals surface area contributed by atoms with E-state index in [0.29, 0.717) is 12.5 Å². The van der Waals surface area contributed by atoms with Gasteiger partial charge in [-0.25, -0.2) is 0 Å². The molecule has 0 aliphatic heterocycles. The van der Waals surface area contributed by atoms with Crippen molar-refractivity contribution in [1.82, 2.24) is 4.90 Å². The Hall–Kier alpha value is -1.38. The van der Waals surface area contributed by atoms with E-state index in [2.05, 4.69) is 75.2 Å². The molecule has 2 aromatic rings. The van der Waals surface area contributed by atoms with Crippen molar-refractivity contribution in [2.75, 3.05) is 26.7 Å². The molecule has 2 nitrogen and oxygen atoms in total. The molecule has 0 aromatic heterocycles. The van der Waals surface area contributed by atoms with Crippen LogP contribution in [0.5, 0.6) is 0 Å². The van der Waals surface area contributed by atoms with Gasteiger partial charge in [0.15, 0.2) is 0 Å². The molecule has 0 spiro atoms. The third-order valence-corrected chi connectivity index (χ3v) is 5.27. The van der Waals surface area contributed by atoms with Crippen molar-refractivity contribution in [3.05, 3.63) is 48.0 Å². The van der Waals surface area contributed by atoms with E-state index >= 15 is 0 Å². The normalized spacial score (nSPS) is 14.7. The van der Waals surface area contributed by atoms with Gasteiger partial charge in [-0.3, -0.25) is 0 Å². The molecule has 0 amide bonds. The minimum atomic E-state index is 0.0320. The molecule has 2 aromatic carbocycles. The molecule has 2 heteroatoms. The van der Waals surface area contributed by atoms with Crippen LogP contribution >= 0.6 is 0 Å². The van der Waals surface area contributed by atoms with Crippen molar-refractivity contribution in [3.8, 4) is 0 Å². The fourth-order valence-electron chi connectivity index (χ4n) is 3.39. The molecular weight excluding hydrogens is 268 g/mol. The van der Waals surface area contributed by atoms with Gasteiger partial charge < -0.3 is 10.6 Å². The Bertz CT molecular complexity index is 600. The largest absolute Gasteiger partial charge is 0.330 e. The molecule has 0 heterocycles. The summed E-state index contributed by atoms with van der Waals surface area (Å²) in [5, 5.41) is 2.66. The van der Waals surface area contributed by atoms with Crippen LogP contribution in [0, 0.1) is 5.92 Å². The van der Waals surface area contributed by atoms with Crippen molar-refractivity contribution < 1.29 is 0 Å². The Balaban J connectivity index is 2.52. The Morgan fingerprint density at radius 3 is 2.41 bits per heavy atom. The molecule has 0 fully saturated rings. The van der Waals surface area contributed by atoms with Crippen LogP contribution in [0.25, 0.3) is 10.8 Å². The highest BCUT2D eigenvalue weighted by molar-refractivity contribution is 5.86. The van der Waals surface area contributed by atoms with Gasteiger partial charge in [0.1, 0.15) is 0 Å². The van der Waals surface area contributed by atoms with Gasteiger partial charge in [0.05, 0.1) is 0 Å². The molecule has 0 aliphatic rings. The van der Waals surface area contributed by atoms with Crippen molar-refractivity contribution in [2.24, 2.45) is 11.7 Å². The van der Waals surface area contributed by atoms with Gasteiger partial charge >= 0.3 is 0 Å². The smallest absolute Gasteiger partial charge is 0.0117 e. The van der Waals surface area contributed by atoms with Crippen molar-refractivity contribution in [2.45, 2.75) is 32.6 Å². The third kappa shape index (κ3) is 3.18. The molecule has 2 N–H and O–H groups in total. The number of hydrogen-bond acceptors (Lipinski definition) is 2. The molecule has 0 unspecified atom stereocenters. The Morgan fingerprint density at radius 2 is 1.77 bits per heavy atom. The average molecular weight is 298 g/mol. The summed E-state index contributed by atoms with van der Waals surface area (Å²) in [5.74, 6) is 0.508. The van der Waals surface area contributed by atoms with Gasteiger partial charge in [-0.2, -0.15) is 0 Å². The van der Waals surface area contributed by atoms with Crippen LogP contribution in [0.1, 0.15) is 32.8 Å². The lowest BCUT2D eigenvalue weighted by molar-refractivity contribution is 0.241. The minimum Gasteiger partial charge on any atom is -0.330 e. The SMILES string of the molecule is CCN(C)CC[C@@](CN)(c1cccc2ccccc12)C(C)C. The molecule has 0 aliphatic carbocycles. The molecular formula is C20H30N2. The van der Waals surface area contributed by atoms with Gasteiger partial charge in [0.2, 0.25) is 0 Å². The predicted molar refractivity (Wildman–Crippen MR) is 97.3 cm³/mol. The van der Waals surface area contributed by atoms with E-state index in [1.165, 1.54) is 16.3 Å². The first-order valence-corrected chi connectivity index (χ1v) is 8.42. The predicted octanol–water partition coefficient (Wildman–Crippen LogP) is 4.03. The van der Waals surface area contributed by atoms with E-state index in [1.54, 1.807) is 0 Å². The van der Waals surface area contributed by atoms with Crippen LogP contribution in [-0.2, 0) is 5.41 Å². The van der Waals surface area contributed by atoms with Gasteiger partial charge in [0, 0.05) is 12.0 Å². The van der Waals surface area contributed by atoms with Gasteiger partial charge in [-0.15, -0.1) is 0 Å². The number of nitrogens with zero attached hydrogens (tertiary/aromatic N) is 1. The highest BCUT2D eigenvalue weighted by Crippen LogP contribution is 2.39. The summed E-state index contributed by atoms with van der Waals surface area (Å²) in [4.78, 5) is 2.37. The molecule has 0 saturated heterocycles. The lowest BCUT2D eigenvalue weighted by atomic mass is 9.68. The maximum absolute atomic E-state index is 6.34. The lowest BCUT2D eigenvalue weighted by Crippen LogP contribution is -2.43. The van der Waals surface area contributed by atoms with Crippen LogP contribution in [-0.4, -0.2) is 31.6 Å². The van der Waals surface area contributed by atoms with E-state index in [-0.39, 0.29) is 5.41 Å². The molecule has 1 atom stereocenters. The van der Waals surface area contributed by atoms with Crippen LogP contribution in [0.15, 0.2) is 42.5 Å². The van der Waals surface area contributed by atoms with E-state index in [1.807, 2.05) is 0 Å². The van der Waals surface area contributed by atoms with Gasteiger partial charge in [-0.1, -0.05) is 63.2 Å². The first kappa shape index (κ1) is 17.0. The first-order chi connectivity index (χ1) is 10.5. The summed E-state index contributed by atoms with van der Waals surface area (Å²) in [5.41, 5.74) is 7.78. The van der Waals surface area contributed by atoms with E-state index in [0.717, 1.165) is 19.5 Å². The van der Waals surface area contributed by atoms with Crippen LogP contribution in [0.4, 0.5) is 0 Å². The second kappa shape index (κ2) is 7.26. The highest BCUT2D eigenvalue weighted by atomic mass is 15.1. The number of fused-ring (bicyclic) bond motifs is 1.